The minimum Gasteiger partial charge on any atom is -0.301 e. The van der Waals surface area contributed by atoms with E-state index in [2.05, 4.69) is 0 Å². The van der Waals surface area contributed by atoms with E-state index in [9.17, 15) is 14.4 Å². The molecule has 0 radical (unpaired) electrons. The summed E-state index contributed by atoms with van der Waals surface area (Å²) in [6.45, 7) is 1.29. The third kappa shape index (κ3) is 1.29. The van der Waals surface area contributed by atoms with Crippen molar-refractivity contribution in [1.82, 2.24) is 4.90 Å². The summed E-state index contributed by atoms with van der Waals surface area (Å²) in [6, 6.07) is -0.514. The van der Waals surface area contributed by atoms with Crippen molar-refractivity contribution >= 4 is 18.1 Å². The number of hydrogen-bond donors (Lipinski definition) is 0. The first-order valence-corrected chi connectivity index (χ1v) is 3.44. The third-order valence-electron chi connectivity index (χ3n) is 1.75. The molecule has 1 rings (SSSR count). The van der Waals surface area contributed by atoms with Crippen LogP contribution in [0.5, 0.6) is 0 Å². The smallest absolute Gasteiger partial charge is 0.229 e. The molecule has 60 valence electrons. The maximum Gasteiger partial charge on any atom is 0.229 e. The highest BCUT2D eigenvalue weighted by Crippen LogP contribution is 2.16. The van der Waals surface area contributed by atoms with Crippen molar-refractivity contribution in [3.8, 4) is 0 Å². The molecule has 0 spiro atoms. The topological polar surface area (TPSA) is 54.5 Å². The Morgan fingerprint density at radius 2 is 2.36 bits per heavy atom. The second-order valence-corrected chi connectivity index (χ2v) is 2.52. The molecule has 11 heavy (non-hydrogen) atoms. The fourth-order valence-electron chi connectivity index (χ4n) is 1.24. The number of hydrogen-bond acceptors (Lipinski definition) is 3. The second-order valence-electron chi connectivity index (χ2n) is 2.52. The first kappa shape index (κ1) is 7.91. The van der Waals surface area contributed by atoms with Crippen molar-refractivity contribution in [3.63, 3.8) is 0 Å². The number of aldehydes is 1. The summed E-state index contributed by atoms with van der Waals surface area (Å²) < 4.78 is 0. The Morgan fingerprint density at radius 1 is 1.73 bits per heavy atom. The van der Waals surface area contributed by atoms with Crippen LogP contribution in [0.25, 0.3) is 0 Å². The molecule has 0 N–H and O–H groups in total. The van der Waals surface area contributed by atoms with E-state index < -0.39 is 6.04 Å². The van der Waals surface area contributed by atoms with Gasteiger partial charge in [-0.2, -0.15) is 0 Å². The van der Waals surface area contributed by atoms with Gasteiger partial charge in [0.05, 0.1) is 6.04 Å². The van der Waals surface area contributed by atoms with Gasteiger partial charge in [-0.1, -0.05) is 0 Å². The van der Waals surface area contributed by atoms with E-state index in [0.29, 0.717) is 19.1 Å². The lowest BCUT2D eigenvalue weighted by atomic mass is 10.2. The highest BCUT2D eigenvalue weighted by Gasteiger charge is 2.33. The summed E-state index contributed by atoms with van der Waals surface area (Å²) in [5.74, 6) is -0.584. The molecule has 0 aromatic rings. The van der Waals surface area contributed by atoms with Crippen molar-refractivity contribution in [2.45, 2.75) is 25.8 Å². The van der Waals surface area contributed by atoms with Gasteiger partial charge >= 0.3 is 0 Å². The lowest BCUT2D eigenvalue weighted by Crippen LogP contribution is -2.37. The summed E-state index contributed by atoms with van der Waals surface area (Å²) in [4.78, 5) is 33.0. The molecule has 2 amide bonds. The normalized spacial score (nSPS) is 23.9. The molecule has 1 saturated heterocycles. The van der Waals surface area contributed by atoms with Crippen LogP contribution >= 0.6 is 0 Å². The van der Waals surface area contributed by atoms with Gasteiger partial charge in [-0.25, -0.2) is 0 Å². The van der Waals surface area contributed by atoms with Gasteiger partial charge in [-0.3, -0.25) is 14.5 Å². The molecule has 0 aromatic heterocycles. The minimum absolute atomic E-state index is 0.241. The zero-order valence-electron chi connectivity index (χ0n) is 6.24. The standard InChI is InChI=1S/C7H9NO3/c1-5(10)8-6(4-9)2-3-7(8)11/h4,6H,2-3H2,1H3/t6-/m0/s1. The van der Waals surface area contributed by atoms with E-state index in [1.54, 1.807) is 0 Å². The number of carbonyl (C=O) groups is 3. The Kier molecular flexibility index (Phi) is 2.03. The highest BCUT2D eigenvalue weighted by atomic mass is 16.2. The van der Waals surface area contributed by atoms with E-state index in [1.165, 1.54) is 6.92 Å². The maximum absolute atomic E-state index is 10.9. The van der Waals surface area contributed by atoms with E-state index in [4.69, 9.17) is 0 Å². The van der Waals surface area contributed by atoms with Crippen LogP contribution in [-0.4, -0.2) is 29.0 Å². The zero-order valence-corrected chi connectivity index (χ0v) is 6.24. The molecule has 1 aliphatic rings. The van der Waals surface area contributed by atoms with Crippen LogP contribution in [-0.2, 0) is 14.4 Å². The van der Waals surface area contributed by atoms with E-state index >= 15 is 0 Å². The molecule has 0 bridgehead atoms. The third-order valence-corrected chi connectivity index (χ3v) is 1.75. The molecule has 1 aliphatic heterocycles. The molecule has 1 heterocycles. The van der Waals surface area contributed by atoms with Crippen LogP contribution in [0.1, 0.15) is 19.8 Å². The van der Waals surface area contributed by atoms with Gasteiger partial charge in [0.1, 0.15) is 6.29 Å². The number of amides is 2. The number of imide groups is 1. The van der Waals surface area contributed by atoms with Gasteiger partial charge in [0.2, 0.25) is 11.8 Å². The summed E-state index contributed by atoms with van der Waals surface area (Å²) in [5.41, 5.74) is 0. The number of carbonyl (C=O) groups excluding carboxylic acids is 3. The summed E-state index contributed by atoms with van der Waals surface area (Å²) in [5, 5.41) is 0. The first-order chi connectivity index (χ1) is 5.16. The summed E-state index contributed by atoms with van der Waals surface area (Å²) >= 11 is 0. The van der Waals surface area contributed by atoms with Crippen molar-refractivity contribution in [1.29, 1.82) is 0 Å². The Hall–Kier alpha value is -1.19. The molecule has 4 nitrogen and oxygen atoms in total. The molecule has 1 atom stereocenters. The molecule has 4 heteroatoms. The van der Waals surface area contributed by atoms with Gasteiger partial charge < -0.3 is 4.79 Å². The fraction of sp³-hybridized carbons (Fsp3) is 0.571. The number of nitrogens with zero attached hydrogens (tertiary/aromatic N) is 1. The van der Waals surface area contributed by atoms with Crippen LogP contribution in [0.4, 0.5) is 0 Å². The molecule has 0 aromatic carbocycles. The van der Waals surface area contributed by atoms with E-state index in [-0.39, 0.29) is 11.8 Å². The van der Waals surface area contributed by atoms with Gasteiger partial charge in [0.25, 0.3) is 0 Å². The Bertz CT molecular complexity index is 212. The van der Waals surface area contributed by atoms with Crippen LogP contribution in [0.3, 0.4) is 0 Å². The molecule has 0 saturated carbocycles. The predicted octanol–water partition coefficient (Wildman–Crippen LogP) is -0.277. The zero-order chi connectivity index (χ0) is 8.43. The average Bonchev–Trinajstić information content (AvgIpc) is 2.30. The molecular weight excluding hydrogens is 146 g/mol. The SMILES string of the molecule is CC(=O)N1C(=O)CC[C@H]1C=O. The first-order valence-electron chi connectivity index (χ1n) is 3.44. The van der Waals surface area contributed by atoms with Crippen LogP contribution in [0, 0.1) is 0 Å². The van der Waals surface area contributed by atoms with Gasteiger partial charge in [-0.15, -0.1) is 0 Å². The molecule has 1 fully saturated rings. The number of likely N-dealkylation sites (tertiary alicyclic amines) is 1. The number of rotatable bonds is 1. The van der Waals surface area contributed by atoms with Crippen molar-refractivity contribution in [2.75, 3.05) is 0 Å². The fourth-order valence-corrected chi connectivity index (χ4v) is 1.24. The van der Waals surface area contributed by atoms with Crippen LogP contribution in [0.15, 0.2) is 0 Å². The molecule has 0 unspecified atom stereocenters. The Labute approximate surface area is 64.2 Å². The summed E-state index contributed by atoms with van der Waals surface area (Å²) in [6.07, 6.45) is 1.43. The monoisotopic (exact) mass is 155 g/mol. The second kappa shape index (κ2) is 2.82. The lowest BCUT2D eigenvalue weighted by molar-refractivity contribution is -0.144. The van der Waals surface area contributed by atoms with E-state index in [1.807, 2.05) is 0 Å². The summed E-state index contributed by atoms with van der Waals surface area (Å²) in [7, 11) is 0. The van der Waals surface area contributed by atoms with Gasteiger partial charge in [-0.05, 0) is 6.42 Å². The minimum atomic E-state index is -0.514. The lowest BCUT2D eigenvalue weighted by Gasteiger charge is -2.15. The molecular formula is C7H9NO3. The molecule has 0 aliphatic carbocycles. The quantitative estimate of drug-likeness (QED) is 0.489. The van der Waals surface area contributed by atoms with Crippen molar-refractivity contribution in [2.24, 2.45) is 0 Å². The van der Waals surface area contributed by atoms with E-state index in [0.717, 1.165) is 4.90 Å². The Balaban J connectivity index is 2.79. The van der Waals surface area contributed by atoms with Crippen LogP contribution in [0.2, 0.25) is 0 Å². The largest absolute Gasteiger partial charge is 0.301 e. The van der Waals surface area contributed by atoms with Crippen LogP contribution < -0.4 is 0 Å². The van der Waals surface area contributed by atoms with Crippen molar-refractivity contribution < 1.29 is 14.4 Å². The van der Waals surface area contributed by atoms with Gasteiger partial charge in [0.15, 0.2) is 0 Å². The highest BCUT2D eigenvalue weighted by molar-refractivity contribution is 5.98. The Morgan fingerprint density at radius 3 is 2.73 bits per heavy atom. The predicted molar refractivity (Wildman–Crippen MR) is 36.6 cm³/mol. The maximum atomic E-state index is 10.9. The van der Waals surface area contributed by atoms with Crippen molar-refractivity contribution in [3.05, 3.63) is 0 Å². The van der Waals surface area contributed by atoms with Gasteiger partial charge in [0, 0.05) is 13.3 Å². The average molecular weight is 155 g/mol.